The van der Waals surface area contributed by atoms with Crippen molar-refractivity contribution in [2.45, 2.75) is 19.1 Å². The minimum absolute atomic E-state index is 0.220. The second-order valence-electron chi connectivity index (χ2n) is 5.49. The van der Waals surface area contributed by atoms with Gasteiger partial charge in [-0.1, -0.05) is 0 Å². The number of likely N-dealkylation sites (N-methyl/N-ethyl adjacent to an activating group) is 2. The molecule has 21 heavy (non-hydrogen) atoms. The maximum absolute atomic E-state index is 5.28. The molecule has 0 radical (unpaired) electrons. The van der Waals surface area contributed by atoms with Gasteiger partial charge in [-0.2, -0.15) is 0 Å². The lowest BCUT2D eigenvalue weighted by atomic mass is 10.2. The second-order valence-corrected chi connectivity index (χ2v) is 6.57. The predicted octanol–water partition coefficient (Wildman–Crippen LogP) is 1.58. The summed E-state index contributed by atoms with van der Waals surface area (Å²) in [7, 11) is 7.91. The molecule has 0 spiro atoms. The molecule has 7 heteroatoms. The van der Waals surface area contributed by atoms with Crippen molar-refractivity contribution in [3.05, 3.63) is 15.1 Å². The molecular weight excluding hydrogens is 381 g/mol. The SMILES string of the molecule is CNc1nc(C2CN(C)CCCN2C)nc(COC)c1I. The van der Waals surface area contributed by atoms with Gasteiger partial charge in [-0.25, -0.2) is 9.97 Å². The quantitative estimate of drug-likeness (QED) is 0.768. The van der Waals surface area contributed by atoms with Gasteiger partial charge in [0.05, 0.1) is 21.9 Å². The number of rotatable bonds is 4. The standard InChI is InChI=1S/C14H24IN5O/c1-16-14-12(15)10(9-21-4)17-13(18-14)11-8-19(2)6-5-7-20(11)3/h11H,5-9H2,1-4H3,(H,16,17,18). The van der Waals surface area contributed by atoms with Gasteiger partial charge in [-0.3, -0.25) is 4.90 Å². The number of aromatic nitrogens is 2. The normalized spacial score (nSPS) is 21.3. The number of ether oxygens (including phenoxy) is 1. The van der Waals surface area contributed by atoms with E-state index < -0.39 is 0 Å². The average Bonchev–Trinajstić information content (AvgIpc) is 2.63. The number of halogens is 1. The molecule has 0 aromatic carbocycles. The van der Waals surface area contributed by atoms with Crippen LogP contribution in [0.5, 0.6) is 0 Å². The monoisotopic (exact) mass is 405 g/mol. The Kier molecular flexibility index (Phi) is 6.15. The lowest BCUT2D eigenvalue weighted by Crippen LogP contribution is -2.32. The summed E-state index contributed by atoms with van der Waals surface area (Å²) in [4.78, 5) is 14.2. The molecule has 1 N–H and O–H groups in total. The fourth-order valence-electron chi connectivity index (χ4n) is 2.61. The summed E-state index contributed by atoms with van der Waals surface area (Å²) >= 11 is 2.28. The second kappa shape index (κ2) is 7.66. The Labute approximate surface area is 140 Å². The fourth-order valence-corrected chi connectivity index (χ4v) is 3.28. The minimum atomic E-state index is 0.220. The highest BCUT2D eigenvalue weighted by molar-refractivity contribution is 14.1. The average molecular weight is 405 g/mol. The topological polar surface area (TPSA) is 53.5 Å². The maximum atomic E-state index is 5.28. The molecule has 1 unspecified atom stereocenters. The highest BCUT2D eigenvalue weighted by Gasteiger charge is 2.26. The van der Waals surface area contributed by atoms with Crippen LogP contribution in [0.1, 0.15) is 24.0 Å². The van der Waals surface area contributed by atoms with Crippen molar-refractivity contribution in [3.63, 3.8) is 0 Å². The van der Waals surface area contributed by atoms with Crippen LogP contribution in [0, 0.1) is 3.57 Å². The van der Waals surface area contributed by atoms with E-state index in [0.717, 1.165) is 40.5 Å². The van der Waals surface area contributed by atoms with Crippen LogP contribution in [0.2, 0.25) is 0 Å². The zero-order chi connectivity index (χ0) is 15.4. The first-order chi connectivity index (χ1) is 10.1. The number of hydrogen-bond donors (Lipinski definition) is 1. The Morgan fingerprint density at radius 2 is 2.10 bits per heavy atom. The Balaban J connectivity index is 2.38. The molecule has 118 valence electrons. The predicted molar refractivity (Wildman–Crippen MR) is 92.5 cm³/mol. The number of nitrogens with one attached hydrogen (secondary N) is 1. The summed E-state index contributed by atoms with van der Waals surface area (Å²) in [6.07, 6.45) is 1.18. The highest BCUT2D eigenvalue weighted by Crippen LogP contribution is 2.25. The van der Waals surface area contributed by atoms with Crippen LogP contribution >= 0.6 is 22.6 Å². The minimum Gasteiger partial charge on any atom is -0.378 e. The van der Waals surface area contributed by atoms with Crippen molar-refractivity contribution >= 4 is 28.4 Å². The first-order valence-electron chi connectivity index (χ1n) is 7.18. The maximum Gasteiger partial charge on any atom is 0.149 e. The first kappa shape index (κ1) is 16.9. The molecule has 0 aliphatic carbocycles. The lowest BCUT2D eigenvalue weighted by molar-refractivity contribution is 0.178. The van der Waals surface area contributed by atoms with Crippen LogP contribution in [0.4, 0.5) is 5.82 Å². The molecule has 1 aromatic heterocycles. The van der Waals surface area contributed by atoms with Crippen molar-refractivity contribution in [3.8, 4) is 0 Å². The zero-order valence-corrected chi connectivity index (χ0v) is 15.3. The number of methoxy groups -OCH3 is 1. The van der Waals surface area contributed by atoms with Gasteiger partial charge in [0.25, 0.3) is 0 Å². The van der Waals surface area contributed by atoms with Crippen molar-refractivity contribution in [1.29, 1.82) is 0 Å². The Morgan fingerprint density at radius 1 is 1.33 bits per heavy atom. The molecule has 1 aliphatic heterocycles. The summed E-state index contributed by atoms with van der Waals surface area (Å²) in [6, 6.07) is 0.220. The molecule has 0 amide bonds. The van der Waals surface area contributed by atoms with Crippen LogP contribution in [0.15, 0.2) is 0 Å². The van der Waals surface area contributed by atoms with E-state index in [1.54, 1.807) is 7.11 Å². The van der Waals surface area contributed by atoms with E-state index in [-0.39, 0.29) is 6.04 Å². The number of anilines is 1. The smallest absolute Gasteiger partial charge is 0.149 e. The van der Waals surface area contributed by atoms with E-state index in [4.69, 9.17) is 14.7 Å². The number of nitrogens with zero attached hydrogens (tertiary/aromatic N) is 4. The van der Waals surface area contributed by atoms with E-state index in [1.165, 1.54) is 6.42 Å². The summed E-state index contributed by atoms with van der Waals surface area (Å²) in [5, 5.41) is 3.17. The highest BCUT2D eigenvalue weighted by atomic mass is 127. The van der Waals surface area contributed by atoms with E-state index in [2.05, 4.69) is 51.8 Å². The van der Waals surface area contributed by atoms with Crippen molar-refractivity contribution < 1.29 is 4.74 Å². The molecule has 0 saturated carbocycles. The summed E-state index contributed by atoms with van der Waals surface area (Å²) in [5.41, 5.74) is 0.952. The molecule has 2 rings (SSSR count). The molecule has 1 atom stereocenters. The molecule has 1 fully saturated rings. The third-order valence-corrected chi connectivity index (χ3v) is 4.95. The molecule has 1 aromatic rings. The Morgan fingerprint density at radius 3 is 2.76 bits per heavy atom. The van der Waals surface area contributed by atoms with Gasteiger partial charge in [-0.15, -0.1) is 0 Å². The van der Waals surface area contributed by atoms with Crippen molar-refractivity contribution in [2.75, 3.05) is 53.2 Å². The van der Waals surface area contributed by atoms with Crippen LogP contribution in [-0.4, -0.2) is 67.7 Å². The van der Waals surface area contributed by atoms with Crippen molar-refractivity contribution in [1.82, 2.24) is 19.8 Å². The van der Waals surface area contributed by atoms with E-state index in [0.29, 0.717) is 6.61 Å². The molecule has 1 saturated heterocycles. The number of hydrogen-bond acceptors (Lipinski definition) is 6. The van der Waals surface area contributed by atoms with Gasteiger partial charge < -0.3 is 15.0 Å². The van der Waals surface area contributed by atoms with Crippen molar-refractivity contribution in [2.24, 2.45) is 0 Å². The molecule has 2 heterocycles. The third-order valence-electron chi connectivity index (χ3n) is 3.82. The molecular formula is C14H24IN5O. The van der Waals surface area contributed by atoms with Gasteiger partial charge in [-0.05, 0) is 56.2 Å². The Bertz CT molecular complexity index is 485. The van der Waals surface area contributed by atoms with E-state index >= 15 is 0 Å². The fraction of sp³-hybridized carbons (Fsp3) is 0.714. The zero-order valence-electron chi connectivity index (χ0n) is 13.2. The van der Waals surface area contributed by atoms with Gasteiger partial charge >= 0.3 is 0 Å². The third kappa shape index (κ3) is 4.02. The van der Waals surface area contributed by atoms with Gasteiger partial charge in [0.2, 0.25) is 0 Å². The van der Waals surface area contributed by atoms with Gasteiger partial charge in [0.15, 0.2) is 0 Å². The van der Waals surface area contributed by atoms with E-state index in [9.17, 15) is 0 Å². The van der Waals surface area contributed by atoms with Crippen LogP contribution in [-0.2, 0) is 11.3 Å². The molecule has 0 bridgehead atoms. The summed E-state index contributed by atoms with van der Waals surface area (Å²) in [5.74, 6) is 1.76. The van der Waals surface area contributed by atoms with Gasteiger partial charge in [0, 0.05) is 20.7 Å². The first-order valence-corrected chi connectivity index (χ1v) is 8.26. The van der Waals surface area contributed by atoms with Crippen LogP contribution < -0.4 is 5.32 Å². The summed E-state index contributed by atoms with van der Waals surface area (Å²) in [6.45, 7) is 3.65. The van der Waals surface area contributed by atoms with E-state index in [1.807, 2.05) is 7.05 Å². The van der Waals surface area contributed by atoms with Gasteiger partial charge in [0.1, 0.15) is 11.6 Å². The Hall–Kier alpha value is -0.510. The molecule has 1 aliphatic rings. The largest absolute Gasteiger partial charge is 0.378 e. The van der Waals surface area contributed by atoms with Crippen LogP contribution in [0.3, 0.4) is 0 Å². The van der Waals surface area contributed by atoms with Crippen LogP contribution in [0.25, 0.3) is 0 Å². The lowest BCUT2D eigenvalue weighted by Gasteiger charge is -2.27. The molecule has 6 nitrogen and oxygen atoms in total. The summed E-state index contributed by atoms with van der Waals surface area (Å²) < 4.78 is 6.31.